The molecule has 2 unspecified atom stereocenters. The number of thioether (sulfide) groups is 1. The van der Waals surface area contributed by atoms with E-state index in [0.29, 0.717) is 36.0 Å². The first-order chi connectivity index (χ1) is 15.9. The predicted molar refractivity (Wildman–Crippen MR) is 134 cm³/mol. The first-order valence-corrected chi connectivity index (χ1v) is 12.4. The zero-order chi connectivity index (χ0) is 23.4. The van der Waals surface area contributed by atoms with Gasteiger partial charge in [-0.15, -0.1) is 11.8 Å². The van der Waals surface area contributed by atoms with Crippen LogP contribution in [0.2, 0.25) is 5.02 Å². The normalized spacial score (nSPS) is 18.3. The maximum absolute atomic E-state index is 12.8. The molecule has 1 aliphatic rings. The van der Waals surface area contributed by atoms with Crippen molar-refractivity contribution in [1.82, 2.24) is 10.2 Å². The summed E-state index contributed by atoms with van der Waals surface area (Å²) in [5, 5.41) is 5.67. The minimum absolute atomic E-state index is 0.0118. The number of carbonyl (C=O) groups is 2. The van der Waals surface area contributed by atoms with Crippen molar-refractivity contribution in [2.45, 2.75) is 37.5 Å². The molecule has 0 aliphatic carbocycles. The molecule has 33 heavy (non-hydrogen) atoms. The van der Waals surface area contributed by atoms with Gasteiger partial charge in [-0.3, -0.25) is 9.59 Å². The standard InChI is InChI=1S/C26H27ClN2O3S/c1-17-14-29(15-18(2)32-17)26(31)21-11-9-19(10-12-21)13-28-24(30)16-33-23-8-4-6-20-5-3-7-22(27)25(20)23/h3-12,17-18H,13-16H2,1-2H3,(H,28,30). The van der Waals surface area contributed by atoms with Crippen LogP contribution in [-0.4, -0.2) is 47.8 Å². The molecule has 172 valence electrons. The second-order valence-electron chi connectivity index (χ2n) is 8.32. The lowest BCUT2D eigenvalue weighted by Crippen LogP contribution is -2.48. The first-order valence-electron chi connectivity index (χ1n) is 11.0. The Hall–Kier alpha value is -2.54. The molecule has 4 rings (SSSR count). The van der Waals surface area contributed by atoms with E-state index >= 15 is 0 Å². The molecule has 1 aliphatic heterocycles. The summed E-state index contributed by atoms with van der Waals surface area (Å²) < 4.78 is 5.71. The van der Waals surface area contributed by atoms with Crippen LogP contribution in [0.25, 0.3) is 10.8 Å². The Morgan fingerprint density at radius 2 is 1.70 bits per heavy atom. The summed E-state index contributed by atoms with van der Waals surface area (Å²) in [5.41, 5.74) is 1.59. The van der Waals surface area contributed by atoms with Crippen molar-refractivity contribution in [3.63, 3.8) is 0 Å². The van der Waals surface area contributed by atoms with Crippen LogP contribution in [0.15, 0.2) is 65.6 Å². The Morgan fingerprint density at radius 3 is 2.39 bits per heavy atom. The average Bonchev–Trinajstić information content (AvgIpc) is 2.80. The van der Waals surface area contributed by atoms with E-state index in [2.05, 4.69) is 5.32 Å². The summed E-state index contributed by atoms with van der Waals surface area (Å²) in [6.07, 6.45) is 0.0740. The Labute approximate surface area is 203 Å². The number of ether oxygens (including phenoxy) is 1. The van der Waals surface area contributed by atoms with Gasteiger partial charge in [0.2, 0.25) is 5.91 Å². The van der Waals surface area contributed by atoms with Crippen LogP contribution in [0, 0.1) is 0 Å². The average molecular weight is 483 g/mol. The molecule has 1 N–H and O–H groups in total. The van der Waals surface area contributed by atoms with Crippen LogP contribution in [0.4, 0.5) is 0 Å². The lowest BCUT2D eigenvalue weighted by Gasteiger charge is -2.35. The van der Waals surface area contributed by atoms with Crippen LogP contribution in [0.3, 0.4) is 0 Å². The minimum Gasteiger partial charge on any atom is -0.372 e. The summed E-state index contributed by atoms with van der Waals surface area (Å²) >= 11 is 7.84. The van der Waals surface area contributed by atoms with E-state index in [1.54, 1.807) is 0 Å². The van der Waals surface area contributed by atoms with E-state index in [-0.39, 0.29) is 24.0 Å². The highest BCUT2D eigenvalue weighted by molar-refractivity contribution is 8.00. The zero-order valence-electron chi connectivity index (χ0n) is 18.7. The van der Waals surface area contributed by atoms with Gasteiger partial charge in [0.1, 0.15) is 0 Å². The SMILES string of the molecule is CC1CN(C(=O)c2ccc(CNC(=O)CSc3cccc4cccc(Cl)c34)cc2)CC(C)O1. The molecular weight excluding hydrogens is 456 g/mol. The lowest BCUT2D eigenvalue weighted by atomic mass is 10.1. The second kappa shape index (κ2) is 10.6. The number of rotatable bonds is 6. The summed E-state index contributed by atoms with van der Waals surface area (Å²) in [6, 6.07) is 19.2. The van der Waals surface area contributed by atoms with Gasteiger partial charge in [-0.05, 0) is 49.1 Å². The molecule has 2 atom stereocenters. The number of morpholine rings is 1. The maximum Gasteiger partial charge on any atom is 0.254 e. The molecular formula is C26H27ClN2O3S. The third-order valence-electron chi connectivity index (χ3n) is 5.57. The fraction of sp³-hybridized carbons (Fsp3) is 0.308. The van der Waals surface area contributed by atoms with Crippen LogP contribution < -0.4 is 5.32 Å². The Bertz CT molecular complexity index is 1140. The van der Waals surface area contributed by atoms with E-state index in [9.17, 15) is 9.59 Å². The van der Waals surface area contributed by atoms with Gasteiger partial charge in [0.05, 0.1) is 18.0 Å². The van der Waals surface area contributed by atoms with E-state index in [0.717, 1.165) is 21.2 Å². The fourth-order valence-electron chi connectivity index (χ4n) is 4.07. The number of fused-ring (bicyclic) bond motifs is 1. The number of nitrogens with zero attached hydrogens (tertiary/aromatic N) is 1. The Balaban J connectivity index is 1.30. The van der Waals surface area contributed by atoms with Crippen molar-refractivity contribution in [2.24, 2.45) is 0 Å². The number of amides is 2. The molecule has 7 heteroatoms. The van der Waals surface area contributed by atoms with Crippen molar-refractivity contribution >= 4 is 45.9 Å². The Kier molecular flexibility index (Phi) is 7.58. The number of halogens is 1. The van der Waals surface area contributed by atoms with Gasteiger partial charge in [0, 0.05) is 40.5 Å². The van der Waals surface area contributed by atoms with Gasteiger partial charge >= 0.3 is 0 Å². The van der Waals surface area contributed by atoms with E-state index in [1.807, 2.05) is 79.4 Å². The fourth-order valence-corrected chi connectivity index (χ4v) is 5.34. The molecule has 5 nitrogen and oxygen atoms in total. The monoisotopic (exact) mass is 482 g/mol. The third kappa shape index (κ3) is 5.88. The molecule has 0 bridgehead atoms. The van der Waals surface area contributed by atoms with E-state index < -0.39 is 0 Å². The van der Waals surface area contributed by atoms with Gasteiger partial charge in [0.25, 0.3) is 5.91 Å². The number of benzene rings is 3. The highest BCUT2D eigenvalue weighted by Gasteiger charge is 2.26. The highest BCUT2D eigenvalue weighted by atomic mass is 35.5. The zero-order valence-corrected chi connectivity index (χ0v) is 20.3. The molecule has 0 saturated carbocycles. The third-order valence-corrected chi connectivity index (χ3v) is 6.94. The van der Waals surface area contributed by atoms with E-state index in [1.165, 1.54) is 11.8 Å². The summed E-state index contributed by atoms with van der Waals surface area (Å²) in [5.74, 6) is 0.257. The van der Waals surface area contributed by atoms with Crippen LogP contribution in [-0.2, 0) is 16.1 Å². The first kappa shape index (κ1) is 23.6. The van der Waals surface area contributed by atoms with Crippen LogP contribution in [0.1, 0.15) is 29.8 Å². The van der Waals surface area contributed by atoms with Crippen molar-refractivity contribution in [3.8, 4) is 0 Å². The molecule has 0 aromatic heterocycles. The lowest BCUT2D eigenvalue weighted by molar-refractivity contribution is -0.118. The van der Waals surface area contributed by atoms with Crippen molar-refractivity contribution in [3.05, 3.63) is 76.8 Å². The summed E-state index contributed by atoms with van der Waals surface area (Å²) in [7, 11) is 0. The summed E-state index contributed by atoms with van der Waals surface area (Å²) in [6.45, 7) is 5.57. The van der Waals surface area contributed by atoms with Gasteiger partial charge in [0.15, 0.2) is 0 Å². The second-order valence-corrected chi connectivity index (χ2v) is 9.75. The van der Waals surface area contributed by atoms with Crippen molar-refractivity contribution in [1.29, 1.82) is 0 Å². The molecule has 0 radical (unpaired) electrons. The Morgan fingerprint density at radius 1 is 1.03 bits per heavy atom. The van der Waals surface area contributed by atoms with Crippen LogP contribution in [0.5, 0.6) is 0 Å². The number of carbonyl (C=O) groups excluding carboxylic acids is 2. The molecule has 0 spiro atoms. The quantitative estimate of drug-likeness (QED) is 0.493. The predicted octanol–water partition coefficient (Wildman–Crippen LogP) is 5.15. The highest BCUT2D eigenvalue weighted by Crippen LogP contribution is 2.33. The largest absolute Gasteiger partial charge is 0.372 e. The van der Waals surface area contributed by atoms with Crippen molar-refractivity contribution in [2.75, 3.05) is 18.8 Å². The maximum atomic E-state index is 12.8. The molecule has 1 fully saturated rings. The van der Waals surface area contributed by atoms with E-state index in [4.69, 9.17) is 16.3 Å². The van der Waals surface area contributed by atoms with Gasteiger partial charge in [-0.1, -0.05) is 48.0 Å². The van der Waals surface area contributed by atoms with Gasteiger partial charge in [-0.2, -0.15) is 0 Å². The molecule has 3 aromatic rings. The molecule has 3 aromatic carbocycles. The molecule has 1 saturated heterocycles. The van der Waals surface area contributed by atoms with Crippen LogP contribution >= 0.6 is 23.4 Å². The minimum atomic E-state index is -0.0551. The molecule has 2 amide bonds. The number of nitrogens with one attached hydrogen (secondary N) is 1. The molecule has 1 heterocycles. The summed E-state index contributed by atoms with van der Waals surface area (Å²) in [4.78, 5) is 28.0. The van der Waals surface area contributed by atoms with Gasteiger partial charge < -0.3 is 15.0 Å². The number of hydrogen-bond acceptors (Lipinski definition) is 4. The smallest absolute Gasteiger partial charge is 0.254 e. The number of hydrogen-bond donors (Lipinski definition) is 1. The van der Waals surface area contributed by atoms with Crippen molar-refractivity contribution < 1.29 is 14.3 Å². The van der Waals surface area contributed by atoms with Gasteiger partial charge in [-0.25, -0.2) is 0 Å². The topological polar surface area (TPSA) is 58.6 Å².